The Kier molecular flexibility index (Phi) is 3.14. The first kappa shape index (κ1) is 12.2. The molecule has 4 unspecified atom stereocenters. The van der Waals surface area contributed by atoms with Crippen LogP contribution in [0.15, 0.2) is 18.2 Å². The van der Waals surface area contributed by atoms with E-state index in [0.717, 1.165) is 6.42 Å². The molecule has 3 heteroatoms. The normalized spacial score (nSPS) is 31.8. The van der Waals surface area contributed by atoms with E-state index >= 15 is 0 Å². The van der Waals surface area contributed by atoms with Gasteiger partial charge in [0.25, 0.3) is 0 Å². The molecular formula is C15H22N2O. The fraction of sp³-hybridized carbons (Fsp3) is 0.600. The summed E-state index contributed by atoms with van der Waals surface area (Å²) in [6.07, 6.45) is 4.44. The van der Waals surface area contributed by atoms with E-state index in [0.29, 0.717) is 18.1 Å². The van der Waals surface area contributed by atoms with Crippen LogP contribution in [-0.4, -0.2) is 12.2 Å². The summed E-state index contributed by atoms with van der Waals surface area (Å²) < 4.78 is 5.95. The molecule has 0 saturated carbocycles. The van der Waals surface area contributed by atoms with E-state index in [4.69, 9.17) is 10.6 Å². The van der Waals surface area contributed by atoms with Crippen LogP contribution >= 0.6 is 0 Å². The van der Waals surface area contributed by atoms with E-state index in [1.165, 1.54) is 29.5 Å². The number of aryl methyl sites for hydroxylation is 2. The molecule has 1 aromatic carbocycles. The van der Waals surface area contributed by atoms with Crippen molar-refractivity contribution in [2.24, 2.45) is 11.8 Å². The van der Waals surface area contributed by atoms with Crippen molar-refractivity contribution < 1.29 is 4.74 Å². The van der Waals surface area contributed by atoms with E-state index in [2.05, 4.69) is 37.5 Å². The number of fused-ring (bicyclic) bond motifs is 2. The van der Waals surface area contributed by atoms with Crippen LogP contribution in [0.1, 0.15) is 42.0 Å². The van der Waals surface area contributed by atoms with Crippen LogP contribution in [0.3, 0.4) is 0 Å². The summed E-state index contributed by atoms with van der Waals surface area (Å²) in [6.45, 7) is 4.30. The van der Waals surface area contributed by atoms with Crippen molar-refractivity contribution in [3.05, 3.63) is 34.9 Å². The Bertz CT molecular complexity index is 446. The largest absolute Gasteiger partial charge is 0.375 e. The van der Waals surface area contributed by atoms with Crippen molar-refractivity contribution in [2.75, 3.05) is 0 Å². The minimum absolute atomic E-state index is 0.222. The highest BCUT2D eigenvalue weighted by Crippen LogP contribution is 2.44. The number of rotatable bonds is 3. The molecule has 18 heavy (non-hydrogen) atoms. The van der Waals surface area contributed by atoms with E-state index in [-0.39, 0.29) is 6.04 Å². The number of hydrazine groups is 1. The SMILES string of the molecule is Cc1ccc(C(NN)C2CC3CCC2O3)cc1C. The van der Waals surface area contributed by atoms with Gasteiger partial charge in [-0.2, -0.15) is 0 Å². The third-order valence-corrected chi connectivity index (χ3v) is 4.65. The lowest BCUT2D eigenvalue weighted by Gasteiger charge is -2.28. The summed E-state index contributed by atoms with van der Waals surface area (Å²) in [5.74, 6) is 6.32. The minimum Gasteiger partial charge on any atom is -0.375 e. The van der Waals surface area contributed by atoms with Gasteiger partial charge in [0.05, 0.1) is 18.2 Å². The Balaban J connectivity index is 1.85. The fourth-order valence-electron chi connectivity index (χ4n) is 3.45. The maximum atomic E-state index is 5.95. The maximum absolute atomic E-state index is 5.95. The molecular weight excluding hydrogens is 224 g/mol. The number of nitrogens with two attached hydrogens (primary N) is 1. The molecule has 98 valence electrons. The van der Waals surface area contributed by atoms with Crippen molar-refractivity contribution in [3.63, 3.8) is 0 Å². The topological polar surface area (TPSA) is 47.3 Å². The monoisotopic (exact) mass is 246 g/mol. The molecule has 1 aromatic rings. The summed E-state index contributed by atoms with van der Waals surface area (Å²) in [6, 6.07) is 6.85. The number of benzene rings is 1. The van der Waals surface area contributed by atoms with E-state index in [1.807, 2.05) is 0 Å². The summed E-state index contributed by atoms with van der Waals surface area (Å²) in [5, 5.41) is 0. The Morgan fingerprint density at radius 3 is 2.67 bits per heavy atom. The van der Waals surface area contributed by atoms with Crippen LogP contribution < -0.4 is 11.3 Å². The lowest BCUT2D eigenvalue weighted by Crippen LogP contribution is -2.37. The Labute approximate surface area is 109 Å². The average molecular weight is 246 g/mol. The standard InChI is InChI=1S/C15H22N2O/c1-9-3-4-11(7-10(9)2)15(17-16)13-8-12-5-6-14(13)18-12/h3-4,7,12-15,17H,5-6,8,16H2,1-2H3. The van der Waals surface area contributed by atoms with Crippen LogP contribution in [0.4, 0.5) is 0 Å². The smallest absolute Gasteiger partial charge is 0.0627 e. The molecule has 0 amide bonds. The molecule has 0 aromatic heterocycles. The molecule has 3 nitrogen and oxygen atoms in total. The maximum Gasteiger partial charge on any atom is 0.0627 e. The predicted molar refractivity (Wildman–Crippen MR) is 72.0 cm³/mol. The molecule has 0 aliphatic carbocycles. The van der Waals surface area contributed by atoms with Gasteiger partial charge >= 0.3 is 0 Å². The molecule has 2 fully saturated rings. The van der Waals surface area contributed by atoms with Crippen molar-refractivity contribution >= 4 is 0 Å². The van der Waals surface area contributed by atoms with E-state index in [1.54, 1.807) is 0 Å². The first-order valence-corrected chi connectivity index (χ1v) is 6.88. The second-order valence-corrected chi connectivity index (χ2v) is 5.76. The summed E-state index contributed by atoms with van der Waals surface area (Å²) in [5.41, 5.74) is 6.97. The van der Waals surface area contributed by atoms with Crippen LogP contribution in [0.2, 0.25) is 0 Å². The highest BCUT2D eigenvalue weighted by atomic mass is 16.5. The fourth-order valence-corrected chi connectivity index (χ4v) is 3.45. The van der Waals surface area contributed by atoms with Crippen LogP contribution in [0, 0.1) is 19.8 Å². The number of hydrogen-bond donors (Lipinski definition) is 2. The molecule has 3 rings (SSSR count). The van der Waals surface area contributed by atoms with Crippen molar-refractivity contribution in [3.8, 4) is 0 Å². The zero-order valence-electron chi connectivity index (χ0n) is 11.1. The quantitative estimate of drug-likeness (QED) is 0.636. The molecule has 0 radical (unpaired) electrons. The van der Waals surface area contributed by atoms with Gasteiger partial charge in [0.15, 0.2) is 0 Å². The highest BCUT2D eigenvalue weighted by molar-refractivity contribution is 5.32. The molecule has 2 heterocycles. The number of nitrogens with one attached hydrogen (secondary N) is 1. The van der Waals surface area contributed by atoms with Gasteiger partial charge in [-0.15, -0.1) is 0 Å². The lowest BCUT2D eigenvalue weighted by molar-refractivity contribution is 0.0857. The third-order valence-electron chi connectivity index (χ3n) is 4.65. The Hall–Kier alpha value is -0.900. The highest BCUT2D eigenvalue weighted by Gasteiger charge is 2.44. The first-order valence-electron chi connectivity index (χ1n) is 6.88. The van der Waals surface area contributed by atoms with E-state index in [9.17, 15) is 0 Å². The molecule has 2 bridgehead atoms. The van der Waals surface area contributed by atoms with Gasteiger partial charge in [-0.1, -0.05) is 18.2 Å². The molecule has 4 atom stereocenters. The van der Waals surface area contributed by atoms with Gasteiger partial charge in [-0.05, 0) is 49.8 Å². The van der Waals surface area contributed by atoms with Gasteiger partial charge in [0, 0.05) is 5.92 Å². The van der Waals surface area contributed by atoms with E-state index < -0.39 is 0 Å². The minimum atomic E-state index is 0.222. The molecule has 2 aliphatic heterocycles. The second-order valence-electron chi connectivity index (χ2n) is 5.76. The second kappa shape index (κ2) is 4.65. The molecule has 3 N–H and O–H groups in total. The lowest BCUT2D eigenvalue weighted by atomic mass is 9.81. The average Bonchev–Trinajstić information content (AvgIpc) is 2.97. The van der Waals surface area contributed by atoms with Crippen LogP contribution in [0.5, 0.6) is 0 Å². The van der Waals surface area contributed by atoms with Crippen LogP contribution in [-0.2, 0) is 4.74 Å². The van der Waals surface area contributed by atoms with Crippen molar-refractivity contribution in [2.45, 2.75) is 51.4 Å². The number of ether oxygens (including phenoxy) is 1. The summed E-state index contributed by atoms with van der Waals surface area (Å²) >= 11 is 0. The van der Waals surface area contributed by atoms with Crippen molar-refractivity contribution in [1.82, 2.24) is 5.43 Å². The molecule has 2 saturated heterocycles. The Morgan fingerprint density at radius 1 is 1.28 bits per heavy atom. The number of hydrogen-bond acceptors (Lipinski definition) is 3. The predicted octanol–water partition coefficient (Wildman–Crippen LogP) is 2.38. The van der Waals surface area contributed by atoms with Gasteiger partial charge in [-0.3, -0.25) is 11.3 Å². The van der Waals surface area contributed by atoms with Gasteiger partial charge in [0.1, 0.15) is 0 Å². The van der Waals surface area contributed by atoms with Gasteiger partial charge in [-0.25, -0.2) is 0 Å². The molecule has 2 aliphatic rings. The van der Waals surface area contributed by atoms with Crippen molar-refractivity contribution in [1.29, 1.82) is 0 Å². The third kappa shape index (κ3) is 1.96. The zero-order valence-corrected chi connectivity index (χ0v) is 11.1. The van der Waals surface area contributed by atoms with Crippen LogP contribution in [0.25, 0.3) is 0 Å². The van der Waals surface area contributed by atoms with Gasteiger partial charge < -0.3 is 4.74 Å². The molecule has 0 spiro atoms. The Morgan fingerprint density at radius 2 is 2.11 bits per heavy atom. The summed E-state index contributed by atoms with van der Waals surface area (Å²) in [7, 11) is 0. The van der Waals surface area contributed by atoms with Gasteiger partial charge in [0.2, 0.25) is 0 Å². The summed E-state index contributed by atoms with van der Waals surface area (Å²) in [4.78, 5) is 0. The first-order chi connectivity index (χ1) is 8.69. The zero-order chi connectivity index (χ0) is 12.7.